The largest absolute Gasteiger partial charge is 0.486 e. The average Bonchev–Trinajstić information content (AvgIpc) is 3.18. The van der Waals surface area contributed by atoms with E-state index in [9.17, 15) is 9.59 Å². The van der Waals surface area contributed by atoms with Gasteiger partial charge in [-0.25, -0.2) is 4.98 Å². The molecule has 0 unspecified atom stereocenters. The van der Waals surface area contributed by atoms with Crippen LogP contribution in [0.2, 0.25) is 5.02 Å². The third kappa shape index (κ3) is 4.73. The van der Waals surface area contributed by atoms with E-state index in [1.165, 1.54) is 6.92 Å². The number of halogens is 1. The molecule has 0 aliphatic carbocycles. The molecule has 0 fully saturated rings. The van der Waals surface area contributed by atoms with Crippen LogP contribution in [0, 0.1) is 6.92 Å². The molecule has 162 valence electrons. The predicted octanol–water partition coefficient (Wildman–Crippen LogP) is 5.09. The van der Waals surface area contributed by atoms with E-state index in [2.05, 4.69) is 15.6 Å². The summed E-state index contributed by atoms with van der Waals surface area (Å²) in [6, 6.07) is 15.8. The molecular formula is C24H21ClN4O3. The highest BCUT2D eigenvalue weighted by atomic mass is 35.5. The molecule has 7 nitrogen and oxygen atoms in total. The first-order chi connectivity index (χ1) is 15.4. The number of aromatic nitrogens is 2. The number of carbonyl (C=O) groups excluding carboxylic acids is 2. The number of ether oxygens (including phenoxy) is 1. The molecule has 2 aromatic heterocycles. The number of benzene rings is 2. The summed E-state index contributed by atoms with van der Waals surface area (Å²) in [4.78, 5) is 28.7. The van der Waals surface area contributed by atoms with Gasteiger partial charge in [-0.1, -0.05) is 29.8 Å². The Kier molecular flexibility index (Phi) is 6.09. The molecule has 4 rings (SSSR count). The fourth-order valence-electron chi connectivity index (χ4n) is 3.29. The van der Waals surface area contributed by atoms with Gasteiger partial charge < -0.3 is 19.8 Å². The Morgan fingerprint density at radius 3 is 2.66 bits per heavy atom. The lowest BCUT2D eigenvalue weighted by molar-refractivity contribution is -0.114. The minimum absolute atomic E-state index is 0.204. The summed E-state index contributed by atoms with van der Waals surface area (Å²) in [6.45, 7) is 3.63. The van der Waals surface area contributed by atoms with Crippen LogP contribution in [-0.4, -0.2) is 21.2 Å². The van der Waals surface area contributed by atoms with Crippen molar-refractivity contribution in [2.45, 2.75) is 20.5 Å². The Balaban J connectivity index is 1.49. The lowest BCUT2D eigenvalue weighted by atomic mass is 10.1. The summed E-state index contributed by atoms with van der Waals surface area (Å²) in [6.07, 6.45) is 3.84. The van der Waals surface area contributed by atoms with Crippen molar-refractivity contribution in [3.05, 3.63) is 88.8 Å². The van der Waals surface area contributed by atoms with Gasteiger partial charge in [0.2, 0.25) is 5.91 Å². The van der Waals surface area contributed by atoms with Crippen molar-refractivity contribution in [1.29, 1.82) is 0 Å². The second-order valence-corrected chi connectivity index (χ2v) is 7.68. The molecule has 0 aliphatic rings. The number of rotatable bonds is 6. The highest BCUT2D eigenvalue weighted by molar-refractivity contribution is 6.34. The third-order valence-corrected chi connectivity index (χ3v) is 5.09. The summed E-state index contributed by atoms with van der Waals surface area (Å²) in [5.41, 5.74) is 4.04. The molecule has 0 saturated heterocycles. The van der Waals surface area contributed by atoms with Crippen LogP contribution >= 0.6 is 11.6 Å². The summed E-state index contributed by atoms with van der Waals surface area (Å²) in [5.74, 6) is -0.130. The van der Waals surface area contributed by atoms with E-state index in [-0.39, 0.29) is 18.4 Å². The van der Waals surface area contributed by atoms with E-state index in [4.69, 9.17) is 16.3 Å². The minimum atomic E-state index is -0.361. The van der Waals surface area contributed by atoms with Gasteiger partial charge in [0.25, 0.3) is 5.91 Å². The first-order valence-corrected chi connectivity index (χ1v) is 10.3. The number of para-hydroxylation sites is 1. The summed E-state index contributed by atoms with van der Waals surface area (Å²) >= 11 is 6.27. The average molecular weight is 449 g/mol. The van der Waals surface area contributed by atoms with Crippen molar-refractivity contribution >= 4 is 40.4 Å². The van der Waals surface area contributed by atoms with Crippen molar-refractivity contribution in [1.82, 2.24) is 9.38 Å². The highest BCUT2D eigenvalue weighted by Crippen LogP contribution is 2.27. The van der Waals surface area contributed by atoms with Crippen molar-refractivity contribution in [2.75, 3.05) is 10.6 Å². The van der Waals surface area contributed by atoms with Crippen LogP contribution < -0.4 is 15.4 Å². The molecule has 4 aromatic rings. The second kappa shape index (κ2) is 9.11. The molecule has 0 aliphatic heterocycles. The van der Waals surface area contributed by atoms with Gasteiger partial charge in [0, 0.05) is 25.0 Å². The maximum atomic E-state index is 12.9. The topological polar surface area (TPSA) is 84.7 Å². The number of nitrogens with one attached hydrogen (secondary N) is 2. The van der Waals surface area contributed by atoms with E-state index in [1.54, 1.807) is 42.5 Å². The number of hydrogen-bond acceptors (Lipinski definition) is 4. The molecule has 2 heterocycles. The Morgan fingerprint density at radius 2 is 1.91 bits per heavy atom. The molecule has 0 bridgehead atoms. The number of amides is 2. The number of hydrogen-bond donors (Lipinski definition) is 2. The number of anilines is 2. The van der Waals surface area contributed by atoms with Gasteiger partial charge >= 0.3 is 0 Å². The van der Waals surface area contributed by atoms with E-state index < -0.39 is 0 Å². The van der Waals surface area contributed by atoms with Gasteiger partial charge in [0.1, 0.15) is 18.0 Å². The van der Waals surface area contributed by atoms with Gasteiger partial charge in [-0.15, -0.1) is 0 Å². The molecule has 8 heteroatoms. The highest BCUT2D eigenvalue weighted by Gasteiger charge is 2.15. The number of fused-ring (bicyclic) bond motifs is 1. The molecule has 0 saturated carbocycles. The maximum absolute atomic E-state index is 12.9. The SMILES string of the molecule is CC(=O)Nc1ccc(NC(=O)c2ccccc2OCc2cn3cccc(C)c3n2)c(Cl)c1. The Bertz CT molecular complexity index is 1320. The first kappa shape index (κ1) is 21.4. The lowest BCUT2D eigenvalue weighted by Gasteiger charge is -2.12. The normalized spacial score (nSPS) is 10.7. The van der Waals surface area contributed by atoms with Gasteiger partial charge in [0.05, 0.1) is 22.0 Å². The van der Waals surface area contributed by atoms with E-state index in [0.717, 1.165) is 16.9 Å². The number of nitrogens with zero attached hydrogens (tertiary/aromatic N) is 2. The van der Waals surface area contributed by atoms with Gasteiger partial charge in [-0.2, -0.15) is 0 Å². The molecule has 2 amide bonds. The van der Waals surface area contributed by atoms with Crippen molar-refractivity contribution in [2.24, 2.45) is 0 Å². The van der Waals surface area contributed by atoms with Crippen molar-refractivity contribution in [3.63, 3.8) is 0 Å². The summed E-state index contributed by atoms with van der Waals surface area (Å²) in [5, 5.41) is 5.75. The number of carbonyl (C=O) groups is 2. The zero-order valence-corrected chi connectivity index (χ0v) is 18.3. The Hall–Kier alpha value is -3.84. The van der Waals surface area contributed by atoms with E-state index in [0.29, 0.717) is 27.7 Å². The van der Waals surface area contributed by atoms with Crippen molar-refractivity contribution in [3.8, 4) is 5.75 Å². The van der Waals surface area contributed by atoms with Crippen LogP contribution in [0.1, 0.15) is 28.5 Å². The van der Waals surface area contributed by atoms with Crippen LogP contribution in [0.5, 0.6) is 5.75 Å². The monoisotopic (exact) mass is 448 g/mol. The van der Waals surface area contributed by atoms with Gasteiger partial charge in [0.15, 0.2) is 0 Å². The minimum Gasteiger partial charge on any atom is -0.486 e. The van der Waals surface area contributed by atoms with E-state index in [1.807, 2.05) is 35.9 Å². The number of pyridine rings is 1. The van der Waals surface area contributed by atoms with Crippen molar-refractivity contribution < 1.29 is 14.3 Å². The lowest BCUT2D eigenvalue weighted by Crippen LogP contribution is -2.14. The zero-order valence-electron chi connectivity index (χ0n) is 17.6. The zero-order chi connectivity index (χ0) is 22.7. The predicted molar refractivity (Wildman–Crippen MR) is 124 cm³/mol. The molecule has 32 heavy (non-hydrogen) atoms. The molecular weight excluding hydrogens is 428 g/mol. The van der Waals surface area contributed by atoms with Crippen LogP contribution in [0.3, 0.4) is 0 Å². The fourth-order valence-corrected chi connectivity index (χ4v) is 3.52. The molecule has 2 N–H and O–H groups in total. The maximum Gasteiger partial charge on any atom is 0.259 e. The van der Waals surface area contributed by atoms with E-state index >= 15 is 0 Å². The summed E-state index contributed by atoms with van der Waals surface area (Å²) < 4.78 is 7.87. The van der Waals surface area contributed by atoms with Crippen LogP contribution in [-0.2, 0) is 11.4 Å². The van der Waals surface area contributed by atoms with Crippen LogP contribution in [0.4, 0.5) is 11.4 Å². The van der Waals surface area contributed by atoms with Gasteiger partial charge in [-0.3, -0.25) is 9.59 Å². The quantitative estimate of drug-likeness (QED) is 0.430. The first-order valence-electron chi connectivity index (χ1n) is 9.94. The Labute approximate surface area is 190 Å². The standard InChI is InChI=1S/C24H21ClN4O3/c1-15-6-5-11-29-13-18(27-23(15)29)14-32-22-8-4-3-7-19(22)24(31)28-21-10-9-17(12-20(21)25)26-16(2)30/h3-13H,14H2,1-2H3,(H,26,30)(H,28,31). The van der Waals surface area contributed by atoms with Crippen LogP contribution in [0.15, 0.2) is 67.0 Å². The third-order valence-electron chi connectivity index (χ3n) is 4.77. The number of aryl methyl sites for hydroxylation is 1. The smallest absolute Gasteiger partial charge is 0.259 e. The molecule has 0 atom stereocenters. The molecule has 0 radical (unpaired) electrons. The number of imidazole rings is 1. The molecule has 0 spiro atoms. The summed E-state index contributed by atoms with van der Waals surface area (Å²) in [7, 11) is 0. The van der Waals surface area contributed by atoms with Gasteiger partial charge in [-0.05, 0) is 48.9 Å². The molecule has 2 aromatic carbocycles. The van der Waals surface area contributed by atoms with Crippen LogP contribution in [0.25, 0.3) is 5.65 Å². The second-order valence-electron chi connectivity index (χ2n) is 7.27. The fraction of sp³-hybridized carbons (Fsp3) is 0.125. The Morgan fingerprint density at radius 1 is 1.09 bits per heavy atom.